The molecule has 136 valence electrons. The number of imidazole rings is 1. The number of nitrogens with one attached hydrogen (secondary N) is 2. The van der Waals surface area contributed by atoms with E-state index in [0.717, 1.165) is 47.8 Å². The molecule has 1 aliphatic heterocycles. The summed E-state index contributed by atoms with van der Waals surface area (Å²) in [4.78, 5) is 24.9. The summed E-state index contributed by atoms with van der Waals surface area (Å²) in [6.45, 7) is 5.87. The lowest BCUT2D eigenvalue weighted by Gasteiger charge is -2.34. The van der Waals surface area contributed by atoms with Gasteiger partial charge < -0.3 is 10.3 Å². The third-order valence-electron chi connectivity index (χ3n) is 4.58. The molecule has 0 aromatic carbocycles. The fourth-order valence-electron chi connectivity index (χ4n) is 3.44. The Hall–Kier alpha value is -2.32. The molecular formula is C18H23N7S. The van der Waals surface area contributed by atoms with Crippen LogP contribution in [0.4, 0.5) is 10.9 Å². The first-order valence-electron chi connectivity index (χ1n) is 8.95. The van der Waals surface area contributed by atoms with Crippen LogP contribution in [-0.4, -0.2) is 36.4 Å². The highest BCUT2D eigenvalue weighted by Gasteiger charge is 2.26. The minimum absolute atomic E-state index is 0.286. The number of nitrogens with zero attached hydrogens (tertiary/aromatic N) is 5. The van der Waals surface area contributed by atoms with Crippen molar-refractivity contribution in [3.8, 4) is 0 Å². The lowest BCUT2D eigenvalue weighted by atomic mass is 9.99. The molecule has 4 heterocycles. The Morgan fingerprint density at radius 2 is 2.19 bits per heavy atom. The van der Waals surface area contributed by atoms with Gasteiger partial charge in [-0.2, -0.15) is 0 Å². The highest BCUT2D eigenvalue weighted by molar-refractivity contribution is 7.15. The standard InChI is InChI=1S/C18H23N7S/c1-12-10-21-18(26-12)24-16-9-14(22-13(2)23-16)15-5-3-4-8-25(15)11-17-19-6-7-20-17/h6-7,9-10,15H,3-5,8,11H2,1-2H3,(H,19,20)(H,21,22,23,24)/t15-/m1/s1. The average molecular weight is 369 g/mol. The van der Waals surface area contributed by atoms with E-state index in [-0.39, 0.29) is 6.04 Å². The number of rotatable bonds is 5. The largest absolute Gasteiger partial charge is 0.348 e. The van der Waals surface area contributed by atoms with Gasteiger partial charge in [-0.3, -0.25) is 4.90 Å². The molecule has 0 bridgehead atoms. The van der Waals surface area contributed by atoms with Crippen molar-refractivity contribution in [1.82, 2.24) is 29.8 Å². The van der Waals surface area contributed by atoms with Gasteiger partial charge in [-0.25, -0.2) is 19.9 Å². The maximum Gasteiger partial charge on any atom is 0.188 e. The quantitative estimate of drug-likeness (QED) is 0.713. The molecule has 8 heteroatoms. The number of H-pyrrole nitrogens is 1. The molecule has 1 aliphatic rings. The molecule has 1 atom stereocenters. The van der Waals surface area contributed by atoms with Crippen LogP contribution in [-0.2, 0) is 6.54 Å². The summed E-state index contributed by atoms with van der Waals surface area (Å²) in [5.41, 5.74) is 1.07. The molecule has 0 aliphatic carbocycles. The monoisotopic (exact) mass is 369 g/mol. The van der Waals surface area contributed by atoms with Gasteiger partial charge >= 0.3 is 0 Å². The van der Waals surface area contributed by atoms with Crippen LogP contribution in [0.1, 0.15) is 47.5 Å². The third kappa shape index (κ3) is 3.91. The van der Waals surface area contributed by atoms with Crippen molar-refractivity contribution >= 4 is 22.3 Å². The van der Waals surface area contributed by atoms with Crippen molar-refractivity contribution in [1.29, 1.82) is 0 Å². The van der Waals surface area contributed by atoms with Gasteiger partial charge in [0, 0.05) is 29.5 Å². The van der Waals surface area contributed by atoms with Gasteiger partial charge in [-0.1, -0.05) is 6.42 Å². The molecule has 0 unspecified atom stereocenters. The predicted octanol–water partition coefficient (Wildman–Crippen LogP) is 3.74. The Kier molecular flexibility index (Phi) is 4.94. The number of hydrogen-bond acceptors (Lipinski definition) is 7. The van der Waals surface area contributed by atoms with E-state index in [2.05, 4.69) is 36.2 Å². The molecule has 1 fully saturated rings. The number of aromatic amines is 1. The van der Waals surface area contributed by atoms with Crippen LogP contribution < -0.4 is 5.32 Å². The zero-order valence-corrected chi connectivity index (χ0v) is 15.9. The normalized spacial score (nSPS) is 18.2. The number of piperidine rings is 1. The maximum atomic E-state index is 4.74. The molecule has 0 saturated carbocycles. The Morgan fingerprint density at radius 1 is 1.27 bits per heavy atom. The van der Waals surface area contributed by atoms with Gasteiger partial charge in [0.05, 0.1) is 18.3 Å². The van der Waals surface area contributed by atoms with Gasteiger partial charge in [-0.05, 0) is 33.2 Å². The number of thiazole rings is 1. The van der Waals surface area contributed by atoms with Crippen molar-refractivity contribution in [3.63, 3.8) is 0 Å². The molecule has 3 aromatic rings. The minimum atomic E-state index is 0.286. The SMILES string of the molecule is Cc1nc(Nc2ncc(C)s2)cc([C@H]2CCCCN2Cc2ncc[nH]2)n1. The highest BCUT2D eigenvalue weighted by atomic mass is 32.1. The fourth-order valence-corrected chi connectivity index (χ4v) is 4.11. The number of anilines is 2. The fraction of sp³-hybridized carbons (Fsp3) is 0.444. The van der Waals surface area contributed by atoms with Crippen molar-refractivity contribution in [3.05, 3.63) is 46.9 Å². The van der Waals surface area contributed by atoms with Crippen LogP contribution in [0.2, 0.25) is 0 Å². The minimum Gasteiger partial charge on any atom is -0.348 e. The Morgan fingerprint density at radius 3 is 2.96 bits per heavy atom. The lowest BCUT2D eigenvalue weighted by molar-refractivity contribution is 0.134. The summed E-state index contributed by atoms with van der Waals surface area (Å²) in [6.07, 6.45) is 9.09. The van der Waals surface area contributed by atoms with E-state index in [1.165, 1.54) is 17.7 Å². The van der Waals surface area contributed by atoms with Crippen LogP contribution in [0.3, 0.4) is 0 Å². The molecule has 0 amide bonds. The average Bonchev–Trinajstić information content (AvgIpc) is 3.27. The van der Waals surface area contributed by atoms with Crippen molar-refractivity contribution in [2.75, 3.05) is 11.9 Å². The van der Waals surface area contributed by atoms with E-state index in [4.69, 9.17) is 4.98 Å². The third-order valence-corrected chi connectivity index (χ3v) is 5.41. The molecular weight excluding hydrogens is 346 g/mol. The zero-order valence-electron chi connectivity index (χ0n) is 15.1. The van der Waals surface area contributed by atoms with E-state index in [1.54, 1.807) is 17.5 Å². The molecule has 2 N–H and O–H groups in total. The van der Waals surface area contributed by atoms with Crippen molar-refractivity contribution in [2.45, 2.75) is 45.7 Å². The van der Waals surface area contributed by atoms with E-state index in [1.807, 2.05) is 26.2 Å². The Bertz CT molecular complexity index is 858. The second kappa shape index (κ2) is 7.51. The smallest absolute Gasteiger partial charge is 0.188 e. The maximum absolute atomic E-state index is 4.74. The molecule has 1 saturated heterocycles. The van der Waals surface area contributed by atoms with Gasteiger partial charge in [0.1, 0.15) is 17.5 Å². The lowest BCUT2D eigenvalue weighted by Crippen LogP contribution is -2.34. The van der Waals surface area contributed by atoms with Gasteiger partial charge in [0.15, 0.2) is 5.13 Å². The van der Waals surface area contributed by atoms with Crippen molar-refractivity contribution < 1.29 is 0 Å². The summed E-state index contributed by atoms with van der Waals surface area (Å²) >= 11 is 1.63. The second-order valence-corrected chi connectivity index (χ2v) is 7.88. The summed E-state index contributed by atoms with van der Waals surface area (Å²) in [5, 5.41) is 4.19. The van der Waals surface area contributed by atoms with Gasteiger partial charge in [0.25, 0.3) is 0 Å². The predicted molar refractivity (Wildman–Crippen MR) is 102 cm³/mol. The summed E-state index contributed by atoms with van der Waals surface area (Å²) in [6, 6.07) is 2.35. The molecule has 26 heavy (non-hydrogen) atoms. The van der Waals surface area contributed by atoms with E-state index >= 15 is 0 Å². The number of hydrogen-bond donors (Lipinski definition) is 2. The van der Waals surface area contributed by atoms with Gasteiger partial charge in [-0.15, -0.1) is 11.3 Å². The summed E-state index contributed by atoms with van der Waals surface area (Å²) in [5.74, 6) is 2.59. The van der Waals surface area contributed by atoms with Crippen LogP contribution in [0.15, 0.2) is 24.7 Å². The first-order chi connectivity index (χ1) is 12.7. The topological polar surface area (TPSA) is 82.6 Å². The van der Waals surface area contributed by atoms with E-state index in [0.29, 0.717) is 0 Å². The molecule has 0 spiro atoms. The molecule has 0 radical (unpaired) electrons. The Labute approximate surface area is 156 Å². The van der Waals surface area contributed by atoms with E-state index < -0.39 is 0 Å². The second-order valence-electron chi connectivity index (χ2n) is 6.64. The number of aromatic nitrogens is 5. The van der Waals surface area contributed by atoms with Crippen LogP contribution in [0.5, 0.6) is 0 Å². The van der Waals surface area contributed by atoms with Crippen LogP contribution in [0, 0.1) is 13.8 Å². The zero-order chi connectivity index (χ0) is 17.9. The molecule has 7 nitrogen and oxygen atoms in total. The van der Waals surface area contributed by atoms with Crippen LogP contribution >= 0.6 is 11.3 Å². The van der Waals surface area contributed by atoms with Crippen LogP contribution in [0.25, 0.3) is 0 Å². The van der Waals surface area contributed by atoms with Crippen molar-refractivity contribution in [2.24, 2.45) is 0 Å². The number of aryl methyl sites for hydroxylation is 2. The first kappa shape index (κ1) is 17.1. The highest BCUT2D eigenvalue weighted by Crippen LogP contribution is 2.32. The number of likely N-dealkylation sites (tertiary alicyclic amines) is 1. The summed E-state index contributed by atoms with van der Waals surface area (Å²) in [7, 11) is 0. The Balaban J connectivity index is 1.58. The first-order valence-corrected chi connectivity index (χ1v) is 9.76. The molecule has 3 aromatic heterocycles. The van der Waals surface area contributed by atoms with E-state index in [9.17, 15) is 0 Å². The molecule has 4 rings (SSSR count). The van der Waals surface area contributed by atoms with Gasteiger partial charge in [0.2, 0.25) is 0 Å². The summed E-state index contributed by atoms with van der Waals surface area (Å²) < 4.78 is 0.